The average molecular weight is 402 g/mol. The third kappa shape index (κ3) is 5.22. The van der Waals surface area contributed by atoms with Gasteiger partial charge in [-0.25, -0.2) is 4.79 Å². The molecule has 6 nitrogen and oxygen atoms in total. The third-order valence-corrected chi connectivity index (χ3v) is 6.59. The van der Waals surface area contributed by atoms with Gasteiger partial charge in [-0.1, -0.05) is 18.2 Å². The third-order valence-electron chi connectivity index (χ3n) is 6.59. The fourth-order valence-electron chi connectivity index (χ4n) is 4.80. The summed E-state index contributed by atoms with van der Waals surface area (Å²) in [6, 6.07) is 10.1. The largest absolute Gasteiger partial charge is 0.493 e. The second kappa shape index (κ2) is 9.99. The molecule has 160 valence electrons. The molecule has 2 saturated heterocycles. The Bertz CT molecular complexity index is 669. The molecule has 0 spiro atoms. The Balaban J connectivity index is 1.59. The van der Waals surface area contributed by atoms with E-state index in [1.165, 1.54) is 0 Å². The first-order chi connectivity index (χ1) is 14.0. The van der Waals surface area contributed by atoms with Crippen molar-refractivity contribution >= 4 is 11.9 Å². The van der Waals surface area contributed by atoms with Crippen LogP contribution < -0.4 is 4.74 Å². The minimum atomic E-state index is 0.145. The molecule has 2 atom stereocenters. The topological polar surface area (TPSA) is 53.1 Å². The lowest BCUT2D eigenvalue weighted by atomic mass is 9.79. The normalized spacial score (nSPS) is 22.6. The Morgan fingerprint density at radius 2 is 1.69 bits per heavy atom. The number of urea groups is 1. The highest BCUT2D eigenvalue weighted by Gasteiger charge is 2.40. The summed E-state index contributed by atoms with van der Waals surface area (Å²) in [5.74, 6) is 2.34. The van der Waals surface area contributed by atoms with Crippen LogP contribution in [0.4, 0.5) is 4.79 Å². The summed E-state index contributed by atoms with van der Waals surface area (Å²) in [7, 11) is 0. The molecule has 3 amide bonds. The Labute approximate surface area is 174 Å². The summed E-state index contributed by atoms with van der Waals surface area (Å²) in [5.41, 5.74) is 0. The number of hydrogen-bond donors (Lipinski definition) is 0. The lowest BCUT2D eigenvalue weighted by molar-refractivity contribution is -0.128. The van der Waals surface area contributed by atoms with E-state index in [1.54, 1.807) is 6.92 Å². The molecule has 0 aliphatic carbocycles. The van der Waals surface area contributed by atoms with Crippen LogP contribution in [0.1, 0.15) is 33.6 Å². The van der Waals surface area contributed by atoms with Crippen LogP contribution in [0.3, 0.4) is 0 Å². The van der Waals surface area contributed by atoms with Gasteiger partial charge < -0.3 is 19.4 Å². The summed E-state index contributed by atoms with van der Waals surface area (Å²) in [4.78, 5) is 30.5. The highest BCUT2D eigenvalue weighted by atomic mass is 16.5. The summed E-state index contributed by atoms with van der Waals surface area (Å²) in [5, 5.41) is 0. The predicted molar refractivity (Wildman–Crippen MR) is 114 cm³/mol. The van der Waals surface area contributed by atoms with Crippen molar-refractivity contribution in [3.8, 4) is 5.75 Å². The zero-order chi connectivity index (χ0) is 20.8. The quantitative estimate of drug-likeness (QED) is 0.735. The van der Waals surface area contributed by atoms with Crippen LogP contribution >= 0.6 is 0 Å². The second-order valence-electron chi connectivity index (χ2n) is 8.25. The zero-order valence-corrected chi connectivity index (χ0v) is 18.0. The fourth-order valence-corrected chi connectivity index (χ4v) is 4.80. The van der Waals surface area contributed by atoms with Crippen molar-refractivity contribution in [2.24, 2.45) is 17.8 Å². The van der Waals surface area contributed by atoms with E-state index in [-0.39, 0.29) is 11.9 Å². The average Bonchev–Trinajstić information content (AvgIpc) is 3.18. The summed E-state index contributed by atoms with van der Waals surface area (Å²) in [6.45, 7) is 11.1. The predicted octanol–water partition coefficient (Wildman–Crippen LogP) is 3.33. The SMILES string of the molecule is CCN(CC)C(=O)N1CCC(C2CN(C(C)=O)CC2COc2ccccc2)CC1. The van der Waals surface area contributed by atoms with E-state index in [4.69, 9.17) is 4.74 Å². The summed E-state index contributed by atoms with van der Waals surface area (Å²) in [6.07, 6.45) is 2.01. The minimum Gasteiger partial charge on any atom is -0.493 e. The van der Waals surface area contributed by atoms with Crippen LogP contribution in [0, 0.1) is 17.8 Å². The molecular formula is C23H35N3O3. The van der Waals surface area contributed by atoms with Gasteiger partial charge in [-0.2, -0.15) is 0 Å². The highest BCUT2D eigenvalue weighted by molar-refractivity contribution is 5.74. The maximum absolute atomic E-state index is 12.6. The standard InChI is InChI=1S/C23H35N3O3/c1-4-24(5-2)23(28)25-13-11-19(12-14-25)22-16-26(18(3)27)15-20(22)17-29-21-9-7-6-8-10-21/h6-10,19-20,22H,4-5,11-17H2,1-3H3. The second-order valence-corrected chi connectivity index (χ2v) is 8.25. The Kier molecular flexibility index (Phi) is 7.40. The van der Waals surface area contributed by atoms with Crippen LogP contribution in [-0.2, 0) is 4.79 Å². The first kappa shape index (κ1) is 21.5. The van der Waals surface area contributed by atoms with Crippen LogP contribution in [0.15, 0.2) is 30.3 Å². The van der Waals surface area contributed by atoms with E-state index in [0.29, 0.717) is 24.4 Å². The van der Waals surface area contributed by atoms with Crippen molar-refractivity contribution in [2.45, 2.75) is 33.6 Å². The minimum absolute atomic E-state index is 0.145. The Hall–Kier alpha value is -2.24. The van der Waals surface area contributed by atoms with Gasteiger partial charge in [0.15, 0.2) is 0 Å². The number of rotatable bonds is 6. The maximum Gasteiger partial charge on any atom is 0.319 e. The molecule has 3 rings (SSSR count). The van der Waals surface area contributed by atoms with Crippen LogP contribution in [0.5, 0.6) is 5.75 Å². The first-order valence-electron chi connectivity index (χ1n) is 11.0. The van der Waals surface area contributed by atoms with Crippen LogP contribution in [0.25, 0.3) is 0 Å². The van der Waals surface area contributed by atoms with Gasteiger partial charge in [0.05, 0.1) is 6.61 Å². The molecular weight excluding hydrogens is 366 g/mol. The fraction of sp³-hybridized carbons (Fsp3) is 0.652. The lowest BCUT2D eigenvalue weighted by Gasteiger charge is -2.38. The van der Waals surface area contributed by atoms with E-state index in [0.717, 1.165) is 57.9 Å². The van der Waals surface area contributed by atoms with Crippen LogP contribution in [-0.4, -0.2) is 72.5 Å². The van der Waals surface area contributed by atoms with Crippen molar-refractivity contribution in [3.63, 3.8) is 0 Å². The molecule has 0 saturated carbocycles. The molecule has 2 aliphatic heterocycles. The number of benzene rings is 1. The molecule has 2 unspecified atom stereocenters. The molecule has 6 heteroatoms. The number of carbonyl (C=O) groups excluding carboxylic acids is 2. The van der Waals surface area contributed by atoms with E-state index in [2.05, 4.69) is 0 Å². The van der Waals surface area contributed by atoms with Gasteiger partial charge in [0.2, 0.25) is 5.91 Å². The lowest BCUT2D eigenvalue weighted by Crippen LogP contribution is -2.47. The smallest absolute Gasteiger partial charge is 0.319 e. The first-order valence-corrected chi connectivity index (χ1v) is 11.0. The Morgan fingerprint density at radius 3 is 2.28 bits per heavy atom. The van der Waals surface area contributed by atoms with Gasteiger partial charge >= 0.3 is 6.03 Å². The maximum atomic E-state index is 12.6. The molecule has 2 aliphatic rings. The van der Waals surface area contributed by atoms with E-state index < -0.39 is 0 Å². The molecule has 2 heterocycles. The molecule has 1 aromatic carbocycles. The van der Waals surface area contributed by atoms with Crippen molar-refractivity contribution in [2.75, 3.05) is 45.9 Å². The number of likely N-dealkylation sites (tertiary alicyclic amines) is 2. The Morgan fingerprint density at radius 1 is 1.03 bits per heavy atom. The van der Waals surface area contributed by atoms with Gasteiger partial charge in [-0.3, -0.25) is 4.79 Å². The highest BCUT2D eigenvalue weighted by Crippen LogP contribution is 2.36. The summed E-state index contributed by atoms with van der Waals surface area (Å²) < 4.78 is 6.05. The number of amides is 3. The summed E-state index contributed by atoms with van der Waals surface area (Å²) >= 11 is 0. The van der Waals surface area contributed by atoms with Crippen LogP contribution in [0.2, 0.25) is 0 Å². The van der Waals surface area contributed by atoms with Gasteiger partial charge in [-0.05, 0) is 50.7 Å². The molecule has 0 bridgehead atoms. The number of carbonyl (C=O) groups is 2. The van der Waals surface area contributed by atoms with Crippen molar-refractivity contribution in [1.82, 2.24) is 14.7 Å². The van der Waals surface area contributed by atoms with E-state index in [1.807, 2.05) is 58.9 Å². The molecule has 2 fully saturated rings. The molecule has 0 radical (unpaired) electrons. The van der Waals surface area contributed by atoms with E-state index in [9.17, 15) is 9.59 Å². The molecule has 0 N–H and O–H groups in total. The monoisotopic (exact) mass is 401 g/mol. The molecule has 0 aromatic heterocycles. The number of ether oxygens (including phenoxy) is 1. The van der Waals surface area contributed by atoms with Gasteiger partial charge in [0, 0.05) is 52.1 Å². The van der Waals surface area contributed by atoms with Crippen molar-refractivity contribution in [3.05, 3.63) is 30.3 Å². The number of hydrogen-bond acceptors (Lipinski definition) is 3. The van der Waals surface area contributed by atoms with Gasteiger partial charge in [0.25, 0.3) is 0 Å². The number of nitrogens with zero attached hydrogens (tertiary/aromatic N) is 3. The van der Waals surface area contributed by atoms with Crippen molar-refractivity contribution in [1.29, 1.82) is 0 Å². The zero-order valence-electron chi connectivity index (χ0n) is 18.0. The van der Waals surface area contributed by atoms with Gasteiger partial charge in [0.1, 0.15) is 5.75 Å². The number of piperidine rings is 1. The number of para-hydroxylation sites is 1. The molecule has 29 heavy (non-hydrogen) atoms. The van der Waals surface area contributed by atoms with Crippen molar-refractivity contribution < 1.29 is 14.3 Å². The van der Waals surface area contributed by atoms with E-state index >= 15 is 0 Å². The molecule has 1 aromatic rings. The van der Waals surface area contributed by atoms with Gasteiger partial charge in [-0.15, -0.1) is 0 Å².